The molecular weight excluding hydrogens is 148 g/mol. The van der Waals surface area contributed by atoms with Gasteiger partial charge < -0.3 is 5.32 Å². The number of nitrogens with zero attached hydrogens (tertiary/aromatic N) is 1. The van der Waals surface area contributed by atoms with Crippen LogP contribution in [0.4, 0.5) is 0 Å². The van der Waals surface area contributed by atoms with Crippen molar-refractivity contribution in [1.82, 2.24) is 5.32 Å². The number of hydrogen-bond acceptors (Lipinski definition) is 2. The van der Waals surface area contributed by atoms with E-state index in [4.69, 9.17) is 5.26 Å². The summed E-state index contributed by atoms with van der Waals surface area (Å²) in [6.45, 7) is 6.83. The van der Waals surface area contributed by atoms with Crippen molar-refractivity contribution >= 4 is 0 Å². The molecule has 2 heteroatoms. The third-order valence-corrected chi connectivity index (χ3v) is 1.75. The Hall–Kier alpha value is -0.810. The molecule has 0 bridgehead atoms. The first kappa shape index (κ1) is 11.2. The highest BCUT2D eigenvalue weighted by molar-refractivity contribution is 4.85. The van der Waals surface area contributed by atoms with Crippen LogP contribution in [0.3, 0.4) is 0 Å². The normalized spacial score (nSPS) is 12.0. The Morgan fingerprint density at radius 2 is 2.42 bits per heavy atom. The maximum absolute atomic E-state index is 8.50. The standard InChI is InChI=1S/C10H18N2/c1-3-5-9-12-10(6-4-2)7-8-11/h4,10,12H,2-3,5-7,9H2,1H3. The van der Waals surface area contributed by atoms with Gasteiger partial charge in [-0.1, -0.05) is 19.4 Å². The van der Waals surface area contributed by atoms with Crippen LogP contribution in [0.15, 0.2) is 12.7 Å². The van der Waals surface area contributed by atoms with E-state index in [-0.39, 0.29) is 0 Å². The molecule has 0 spiro atoms. The maximum atomic E-state index is 8.50. The quantitative estimate of drug-likeness (QED) is 0.465. The van der Waals surface area contributed by atoms with Crippen LogP contribution in [0.2, 0.25) is 0 Å². The van der Waals surface area contributed by atoms with Crippen molar-refractivity contribution in [1.29, 1.82) is 5.26 Å². The molecule has 0 heterocycles. The van der Waals surface area contributed by atoms with Gasteiger partial charge in [0.2, 0.25) is 0 Å². The van der Waals surface area contributed by atoms with Crippen LogP contribution in [0.5, 0.6) is 0 Å². The van der Waals surface area contributed by atoms with Crippen molar-refractivity contribution in [3.8, 4) is 6.07 Å². The summed E-state index contributed by atoms with van der Waals surface area (Å²) >= 11 is 0. The van der Waals surface area contributed by atoms with Crippen molar-refractivity contribution < 1.29 is 0 Å². The number of nitrogens with one attached hydrogen (secondary N) is 1. The molecule has 68 valence electrons. The third-order valence-electron chi connectivity index (χ3n) is 1.75. The minimum Gasteiger partial charge on any atom is -0.313 e. The molecule has 0 aromatic carbocycles. The van der Waals surface area contributed by atoms with E-state index in [2.05, 4.69) is 24.9 Å². The highest BCUT2D eigenvalue weighted by atomic mass is 14.9. The molecule has 1 atom stereocenters. The van der Waals surface area contributed by atoms with E-state index in [0.717, 1.165) is 13.0 Å². The monoisotopic (exact) mass is 166 g/mol. The van der Waals surface area contributed by atoms with E-state index >= 15 is 0 Å². The Morgan fingerprint density at radius 3 is 2.92 bits per heavy atom. The maximum Gasteiger partial charge on any atom is 0.0638 e. The summed E-state index contributed by atoms with van der Waals surface area (Å²) in [5.41, 5.74) is 0. The second-order valence-electron chi connectivity index (χ2n) is 2.89. The molecule has 1 unspecified atom stereocenters. The predicted molar refractivity (Wildman–Crippen MR) is 51.7 cm³/mol. The first-order valence-corrected chi connectivity index (χ1v) is 4.56. The topological polar surface area (TPSA) is 35.8 Å². The van der Waals surface area contributed by atoms with Gasteiger partial charge in [-0.15, -0.1) is 6.58 Å². The summed E-state index contributed by atoms with van der Waals surface area (Å²) < 4.78 is 0. The molecule has 0 fully saturated rings. The lowest BCUT2D eigenvalue weighted by molar-refractivity contribution is 0.512. The Balaban J connectivity index is 3.49. The third kappa shape index (κ3) is 5.94. The van der Waals surface area contributed by atoms with Gasteiger partial charge in [0.1, 0.15) is 0 Å². The van der Waals surface area contributed by atoms with Gasteiger partial charge in [-0.25, -0.2) is 0 Å². The summed E-state index contributed by atoms with van der Waals surface area (Å²) in [5.74, 6) is 0. The number of nitriles is 1. The van der Waals surface area contributed by atoms with Gasteiger partial charge in [-0.3, -0.25) is 0 Å². The highest BCUT2D eigenvalue weighted by Crippen LogP contribution is 1.98. The number of hydrogen-bond donors (Lipinski definition) is 1. The van der Waals surface area contributed by atoms with Crippen molar-refractivity contribution in [2.45, 2.75) is 38.6 Å². The fourth-order valence-electron chi connectivity index (χ4n) is 1.03. The first-order valence-electron chi connectivity index (χ1n) is 4.56. The molecule has 0 aliphatic rings. The smallest absolute Gasteiger partial charge is 0.0638 e. The summed E-state index contributed by atoms with van der Waals surface area (Å²) in [7, 11) is 0. The molecule has 0 aliphatic heterocycles. The zero-order chi connectivity index (χ0) is 9.23. The van der Waals surface area contributed by atoms with Gasteiger partial charge in [0.05, 0.1) is 12.5 Å². The predicted octanol–water partition coefficient (Wildman–Crippen LogP) is 2.23. The van der Waals surface area contributed by atoms with Gasteiger partial charge >= 0.3 is 0 Å². The van der Waals surface area contributed by atoms with Crippen molar-refractivity contribution in [2.24, 2.45) is 0 Å². The van der Waals surface area contributed by atoms with Crippen molar-refractivity contribution in [3.63, 3.8) is 0 Å². The van der Waals surface area contributed by atoms with E-state index < -0.39 is 0 Å². The molecule has 0 aromatic heterocycles. The molecule has 2 nitrogen and oxygen atoms in total. The van der Waals surface area contributed by atoms with Gasteiger partial charge in [0.25, 0.3) is 0 Å². The van der Waals surface area contributed by atoms with Crippen LogP contribution in [-0.2, 0) is 0 Å². The molecule has 0 amide bonds. The van der Waals surface area contributed by atoms with Crippen LogP contribution < -0.4 is 5.32 Å². The Kier molecular flexibility index (Phi) is 7.73. The van der Waals surface area contributed by atoms with Gasteiger partial charge in [-0.05, 0) is 19.4 Å². The largest absolute Gasteiger partial charge is 0.313 e. The van der Waals surface area contributed by atoms with Crippen molar-refractivity contribution in [2.75, 3.05) is 6.54 Å². The van der Waals surface area contributed by atoms with Gasteiger partial charge in [0, 0.05) is 6.04 Å². The second kappa shape index (κ2) is 8.29. The molecule has 0 saturated carbocycles. The summed E-state index contributed by atoms with van der Waals surface area (Å²) in [6, 6.07) is 2.47. The van der Waals surface area contributed by atoms with Crippen LogP contribution in [0, 0.1) is 11.3 Å². The zero-order valence-electron chi connectivity index (χ0n) is 7.84. The fourth-order valence-corrected chi connectivity index (χ4v) is 1.03. The van der Waals surface area contributed by atoms with E-state index in [1.807, 2.05) is 6.08 Å². The van der Waals surface area contributed by atoms with Crippen molar-refractivity contribution in [3.05, 3.63) is 12.7 Å². The van der Waals surface area contributed by atoms with Crippen LogP contribution in [0.1, 0.15) is 32.6 Å². The molecule has 1 N–H and O–H groups in total. The number of rotatable bonds is 7. The fraction of sp³-hybridized carbons (Fsp3) is 0.700. The Labute approximate surface area is 75.3 Å². The Bertz CT molecular complexity index is 146. The van der Waals surface area contributed by atoms with Crippen LogP contribution in [0.25, 0.3) is 0 Å². The summed E-state index contributed by atoms with van der Waals surface area (Å²) in [5, 5.41) is 11.8. The first-order chi connectivity index (χ1) is 5.85. The minimum absolute atomic E-state index is 0.305. The van der Waals surface area contributed by atoms with E-state index in [1.54, 1.807) is 0 Å². The lowest BCUT2D eigenvalue weighted by Gasteiger charge is -2.12. The minimum atomic E-state index is 0.305. The molecule has 0 aliphatic carbocycles. The molecule has 0 aromatic rings. The summed E-state index contributed by atoms with van der Waals surface area (Å²) in [4.78, 5) is 0. The van der Waals surface area contributed by atoms with E-state index in [0.29, 0.717) is 12.5 Å². The zero-order valence-corrected chi connectivity index (χ0v) is 7.84. The van der Waals surface area contributed by atoms with E-state index in [1.165, 1.54) is 12.8 Å². The average Bonchev–Trinajstić information content (AvgIpc) is 2.06. The van der Waals surface area contributed by atoms with Gasteiger partial charge in [-0.2, -0.15) is 5.26 Å². The SMILES string of the molecule is C=CCC(CC#N)NCCCC. The molecule has 12 heavy (non-hydrogen) atoms. The molecular formula is C10H18N2. The lowest BCUT2D eigenvalue weighted by Crippen LogP contribution is -2.28. The molecule has 0 radical (unpaired) electrons. The molecule has 0 rings (SSSR count). The van der Waals surface area contributed by atoms with Gasteiger partial charge in [0.15, 0.2) is 0 Å². The molecule has 0 saturated heterocycles. The van der Waals surface area contributed by atoms with Crippen LogP contribution in [-0.4, -0.2) is 12.6 Å². The lowest BCUT2D eigenvalue weighted by atomic mass is 10.1. The Morgan fingerprint density at radius 1 is 1.67 bits per heavy atom. The van der Waals surface area contributed by atoms with Crippen LogP contribution >= 0.6 is 0 Å². The summed E-state index contributed by atoms with van der Waals surface area (Å²) in [6.07, 6.45) is 5.70. The number of unbranched alkanes of at least 4 members (excludes halogenated alkanes) is 1. The second-order valence-corrected chi connectivity index (χ2v) is 2.89. The highest BCUT2D eigenvalue weighted by Gasteiger charge is 2.03. The van der Waals surface area contributed by atoms with E-state index in [9.17, 15) is 0 Å². The average molecular weight is 166 g/mol.